The first-order chi connectivity index (χ1) is 11.7. The van der Waals surface area contributed by atoms with E-state index in [1.54, 1.807) is 12.1 Å². The minimum absolute atomic E-state index is 0.0767. The van der Waals surface area contributed by atoms with E-state index in [9.17, 15) is 10.1 Å². The highest BCUT2D eigenvalue weighted by molar-refractivity contribution is 6.10. The lowest BCUT2D eigenvalue weighted by molar-refractivity contribution is -0.112. The van der Waals surface area contributed by atoms with Crippen molar-refractivity contribution >= 4 is 28.4 Å². The van der Waals surface area contributed by atoms with E-state index in [0.717, 1.165) is 21.9 Å². The van der Waals surface area contributed by atoms with Crippen molar-refractivity contribution in [3.05, 3.63) is 83.4 Å². The average molecular weight is 312 g/mol. The maximum absolute atomic E-state index is 12.4. The Hall–Kier alpha value is -3.38. The summed E-state index contributed by atoms with van der Waals surface area (Å²) in [6.07, 6.45) is 1.63. The quantitative estimate of drug-likeness (QED) is 0.563. The Morgan fingerprint density at radius 1 is 1.04 bits per heavy atom. The molecule has 1 amide bonds. The van der Waals surface area contributed by atoms with Crippen molar-refractivity contribution in [2.75, 3.05) is 5.32 Å². The number of aryl methyl sites for hydroxylation is 1. The molecule has 1 N–H and O–H groups in total. The number of nitriles is 1. The molecule has 0 spiro atoms. The molecule has 0 aliphatic rings. The van der Waals surface area contributed by atoms with E-state index in [1.807, 2.05) is 73.7 Å². The van der Waals surface area contributed by atoms with E-state index in [4.69, 9.17) is 0 Å². The van der Waals surface area contributed by atoms with E-state index >= 15 is 0 Å². The van der Waals surface area contributed by atoms with Crippen LogP contribution >= 0.6 is 0 Å². The molecule has 3 nitrogen and oxygen atoms in total. The molecule has 3 heteroatoms. The van der Waals surface area contributed by atoms with Crippen LogP contribution in [0.5, 0.6) is 0 Å². The number of amides is 1. The summed E-state index contributed by atoms with van der Waals surface area (Å²) in [5.41, 5.74) is 2.65. The molecule has 24 heavy (non-hydrogen) atoms. The molecule has 3 aromatic carbocycles. The first-order valence-electron chi connectivity index (χ1n) is 7.65. The highest BCUT2D eigenvalue weighted by atomic mass is 16.1. The Kier molecular flexibility index (Phi) is 4.40. The summed E-state index contributed by atoms with van der Waals surface area (Å²) in [7, 11) is 0. The molecule has 116 valence electrons. The highest BCUT2D eigenvalue weighted by Crippen LogP contribution is 2.21. The van der Waals surface area contributed by atoms with Crippen LogP contribution in [0.4, 0.5) is 5.69 Å². The van der Waals surface area contributed by atoms with Crippen molar-refractivity contribution < 1.29 is 4.79 Å². The summed E-state index contributed by atoms with van der Waals surface area (Å²) < 4.78 is 0. The van der Waals surface area contributed by atoms with Gasteiger partial charge in [-0.25, -0.2) is 0 Å². The third-order valence-corrected chi connectivity index (χ3v) is 3.76. The van der Waals surface area contributed by atoms with Crippen LogP contribution in [0.3, 0.4) is 0 Å². The summed E-state index contributed by atoms with van der Waals surface area (Å²) in [5, 5.41) is 14.2. The third-order valence-electron chi connectivity index (χ3n) is 3.76. The topological polar surface area (TPSA) is 52.9 Å². The lowest BCUT2D eigenvalue weighted by atomic mass is 10.0. The van der Waals surface area contributed by atoms with E-state index < -0.39 is 5.91 Å². The number of fused-ring (bicyclic) bond motifs is 1. The number of nitrogens with one attached hydrogen (secondary N) is 1. The van der Waals surface area contributed by atoms with Crippen LogP contribution in [0, 0.1) is 18.3 Å². The van der Waals surface area contributed by atoms with Gasteiger partial charge in [-0.2, -0.15) is 5.26 Å². The van der Waals surface area contributed by atoms with Crippen LogP contribution in [-0.4, -0.2) is 5.91 Å². The van der Waals surface area contributed by atoms with E-state index in [-0.39, 0.29) is 5.57 Å². The number of hydrogen-bond acceptors (Lipinski definition) is 2. The normalized spacial score (nSPS) is 11.1. The molecule has 0 fully saturated rings. The summed E-state index contributed by atoms with van der Waals surface area (Å²) >= 11 is 0. The van der Waals surface area contributed by atoms with Gasteiger partial charge in [0.15, 0.2) is 0 Å². The van der Waals surface area contributed by atoms with Crippen LogP contribution in [-0.2, 0) is 4.79 Å². The Balaban J connectivity index is 1.94. The SMILES string of the molecule is Cc1cccc(NC(=O)/C(C#N)=C\c2cccc3ccccc23)c1. The Bertz CT molecular complexity index is 975. The number of carbonyl (C=O) groups excluding carboxylic acids is 1. The molecular weight excluding hydrogens is 296 g/mol. The highest BCUT2D eigenvalue weighted by Gasteiger charge is 2.10. The zero-order chi connectivity index (χ0) is 16.9. The van der Waals surface area contributed by atoms with Gasteiger partial charge in [-0.05, 0) is 47.0 Å². The zero-order valence-corrected chi connectivity index (χ0v) is 13.3. The zero-order valence-electron chi connectivity index (χ0n) is 13.3. The predicted molar refractivity (Wildman–Crippen MR) is 97.3 cm³/mol. The molecule has 0 unspecified atom stereocenters. The van der Waals surface area contributed by atoms with Crippen molar-refractivity contribution in [1.29, 1.82) is 5.26 Å². The average Bonchev–Trinajstić information content (AvgIpc) is 2.59. The number of benzene rings is 3. The molecule has 3 aromatic rings. The number of nitrogens with zero attached hydrogens (tertiary/aromatic N) is 1. The van der Waals surface area contributed by atoms with Gasteiger partial charge in [-0.15, -0.1) is 0 Å². The standard InChI is InChI=1S/C21H16N2O/c1-15-6-4-10-19(12-15)23-21(24)18(14-22)13-17-9-5-8-16-7-2-3-11-20(16)17/h2-13H,1H3,(H,23,24)/b18-13-. The van der Waals surface area contributed by atoms with Gasteiger partial charge in [0.05, 0.1) is 0 Å². The van der Waals surface area contributed by atoms with Crippen LogP contribution in [0.2, 0.25) is 0 Å². The van der Waals surface area contributed by atoms with Gasteiger partial charge in [-0.1, -0.05) is 54.6 Å². The smallest absolute Gasteiger partial charge is 0.266 e. The minimum Gasteiger partial charge on any atom is -0.321 e. The van der Waals surface area contributed by atoms with Gasteiger partial charge in [0.2, 0.25) is 0 Å². The van der Waals surface area contributed by atoms with E-state index in [2.05, 4.69) is 5.32 Å². The van der Waals surface area contributed by atoms with Crippen LogP contribution in [0.1, 0.15) is 11.1 Å². The van der Waals surface area contributed by atoms with Crippen molar-refractivity contribution in [3.63, 3.8) is 0 Å². The molecule has 0 saturated carbocycles. The van der Waals surface area contributed by atoms with Gasteiger partial charge >= 0.3 is 0 Å². The molecule has 0 radical (unpaired) electrons. The molecule has 0 aliphatic heterocycles. The fraction of sp³-hybridized carbons (Fsp3) is 0.0476. The van der Waals surface area contributed by atoms with Crippen LogP contribution < -0.4 is 5.32 Å². The summed E-state index contributed by atoms with van der Waals surface area (Å²) in [5.74, 6) is -0.406. The third kappa shape index (κ3) is 3.34. The Morgan fingerprint density at radius 2 is 1.79 bits per heavy atom. The molecule has 0 heterocycles. The summed E-state index contributed by atoms with van der Waals surface area (Å²) in [4.78, 5) is 12.4. The molecule has 0 atom stereocenters. The van der Waals surface area contributed by atoms with Crippen molar-refractivity contribution in [1.82, 2.24) is 0 Å². The maximum atomic E-state index is 12.4. The number of hydrogen-bond donors (Lipinski definition) is 1. The van der Waals surface area contributed by atoms with E-state index in [0.29, 0.717) is 5.69 Å². The van der Waals surface area contributed by atoms with Gasteiger partial charge in [0.25, 0.3) is 5.91 Å². The molecule has 0 bridgehead atoms. The van der Waals surface area contributed by atoms with Gasteiger partial charge in [-0.3, -0.25) is 4.79 Å². The first kappa shape index (κ1) is 15.5. The van der Waals surface area contributed by atoms with Crippen LogP contribution in [0.15, 0.2) is 72.3 Å². The molecule has 0 aromatic heterocycles. The molecule has 0 aliphatic carbocycles. The van der Waals surface area contributed by atoms with Gasteiger partial charge < -0.3 is 5.32 Å². The van der Waals surface area contributed by atoms with Gasteiger partial charge in [0, 0.05) is 5.69 Å². The summed E-state index contributed by atoms with van der Waals surface area (Å²) in [6, 6.07) is 23.2. The molecule has 0 saturated heterocycles. The first-order valence-corrected chi connectivity index (χ1v) is 7.65. The second-order valence-electron chi connectivity index (χ2n) is 5.56. The second-order valence-corrected chi connectivity index (χ2v) is 5.56. The molecule has 3 rings (SSSR count). The monoisotopic (exact) mass is 312 g/mol. The number of carbonyl (C=O) groups is 1. The fourth-order valence-corrected chi connectivity index (χ4v) is 2.60. The number of anilines is 1. The van der Waals surface area contributed by atoms with Crippen molar-refractivity contribution in [2.24, 2.45) is 0 Å². The minimum atomic E-state index is -0.406. The predicted octanol–water partition coefficient (Wildman–Crippen LogP) is 4.69. The fourth-order valence-electron chi connectivity index (χ4n) is 2.60. The Morgan fingerprint density at radius 3 is 2.58 bits per heavy atom. The largest absolute Gasteiger partial charge is 0.321 e. The molecular formula is C21H16N2O. The van der Waals surface area contributed by atoms with Gasteiger partial charge in [0.1, 0.15) is 11.6 Å². The van der Waals surface area contributed by atoms with Crippen molar-refractivity contribution in [3.8, 4) is 6.07 Å². The maximum Gasteiger partial charge on any atom is 0.266 e. The lowest BCUT2D eigenvalue weighted by Gasteiger charge is -2.06. The van der Waals surface area contributed by atoms with Crippen LogP contribution in [0.25, 0.3) is 16.8 Å². The Labute approximate surface area is 140 Å². The van der Waals surface area contributed by atoms with E-state index in [1.165, 1.54) is 0 Å². The summed E-state index contributed by atoms with van der Waals surface area (Å²) in [6.45, 7) is 1.95. The second kappa shape index (κ2) is 6.80. The van der Waals surface area contributed by atoms with Crippen molar-refractivity contribution in [2.45, 2.75) is 6.92 Å². The number of rotatable bonds is 3. The lowest BCUT2D eigenvalue weighted by Crippen LogP contribution is -2.13.